The van der Waals surface area contributed by atoms with Crippen molar-refractivity contribution in [2.45, 2.75) is 24.1 Å². The highest BCUT2D eigenvalue weighted by Crippen LogP contribution is 2.29. The molecule has 1 unspecified atom stereocenters. The Balaban J connectivity index is 2.12. The van der Waals surface area contributed by atoms with Gasteiger partial charge < -0.3 is 0 Å². The molecular formula is C13H12N2O2S. The summed E-state index contributed by atoms with van der Waals surface area (Å²) >= 11 is 1.36. The van der Waals surface area contributed by atoms with E-state index in [1.165, 1.54) is 11.8 Å². The lowest BCUT2D eigenvalue weighted by Gasteiger charge is -2.21. The van der Waals surface area contributed by atoms with Gasteiger partial charge in [-0.3, -0.25) is 19.6 Å². The van der Waals surface area contributed by atoms with Crippen molar-refractivity contribution in [1.82, 2.24) is 4.98 Å². The predicted octanol–water partition coefficient (Wildman–Crippen LogP) is 1.80. The highest BCUT2D eigenvalue weighted by Gasteiger charge is 2.40. The van der Waals surface area contributed by atoms with Gasteiger partial charge in [0, 0.05) is 6.20 Å². The van der Waals surface area contributed by atoms with Crippen LogP contribution in [0.2, 0.25) is 0 Å². The first-order chi connectivity index (χ1) is 8.72. The fourth-order valence-corrected chi connectivity index (χ4v) is 2.75. The minimum absolute atomic E-state index is 0.0999. The third-order valence-corrected chi connectivity index (χ3v) is 4.02. The third-order valence-electron chi connectivity index (χ3n) is 3.11. The fraction of sp³-hybridized carbons (Fsp3) is 0.385. The van der Waals surface area contributed by atoms with Gasteiger partial charge in [-0.25, -0.2) is 0 Å². The van der Waals surface area contributed by atoms with Crippen molar-refractivity contribution in [2.75, 3.05) is 6.26 Å². The van der Waals surface area contributed by atoms with Crippen molar-refractivity contribution < 1.29 is 9.59 Å². The van der Waals surface area contributed by atoms with E-state index in [1.54, 1.807) is 18.3 Å². The minimum atomic E-state index is -0.486. The lowest BCUT2D eigenvalue weighted by Crippen LogP contribution is -2.40. The quantitative estimate of drug-likeness (QED) is 0.813. The maximum Gasteiger partial charge on any atom is 0.210 e. The zero-order valence-corrected chi connectivity index (χ0v) is 10.7. The molecule has 18 heavy (non-hydrogen) atoms. The Hall–Kier alpha value is -1.49. The number of hydrogen-bond acceptors (Lipinski definition) is 5. The van der Waals surface area contributed by atoms with Gasteiger partial charge in [0.15, 0.2) is 0 Å². The Bertz CT molecular complexity index is 564. The molecule has 5 heteroatoms. The molecule has 0 aliphatic heterocycles. The van der Waals surface area contributed by atoms with Gasteiger partial charge >= 0.3 is 0 Å². The van der Waals surface area contributed by atoms with Gasteiger partial charge in [0.25, 0.3) is 0 Å². The van der Waals surface area contributed by atoms with Crippen LogP contribution in [0.25, 0.3) is 0 Å². The molecule has 0 N–H and O–H groups in total. The molecule has 92 valence electrons. The lowest BCUT2D eigenvalue weighted by molar-refractivity contribution is 0.0964. The minimum Gasteiger partial charge on any atom is -0.291 e. The zero-order valence-electron chi connectivity index (χ0n) is 9.92. The second kappa shape index (κ2) is 4.31. The normalized spacial score (nSPS) is 25.4. The summed E-state index contributed by atoms with van der Waals surface area (Å²) in [6, 6.07) is 3.57. The van der Waals surface area contributed by atoms with Gasteiger partial charge in [0.2, 0.25) is 11.6 Å². The Morgan fingerprint density at radius 1 is 1.39 bits per heavy atom. The van der Waals surface area contributed by atoms with Gasteiger partial charge in [-0.1, -0.05) is 0 Å². The van der Waals surface area contributed by atoms with Gasteiger partial charge in [-0.2, -0.15) is 0 Å². The lowest BCUT2D eigenvalue weighted by atomic mass is 9.91. The van der Waals surface area contributed by atoms with Crippen LogP contribution < -0.4 is 0 Å². The summed E-state index contributed by atoms with van der Waals surface area (Å²) in [5.74, 6) is -0.235. The smallest absolute Gasteiger partial charge is 0.210 e. The summed E-state index contributed by atoms with van der Waals surface area (Å²) in [7, 11) is 0. The molecule has 0 radical (unpaired) electrons. The zero-order chi connectivity index (χ0) is 12.7. The first-order valence-electron chi connectivity index (χ1n) is 5.86. The number of thioether (sulfide) groups is 1. The Labute approximate surface area is 109 Å². The van der Waals surface area contributed by atoms with Crippen molar-refractivity contribution in [3.05, 3.63) is 29.6 Å². The average Bonchev–Trinajstić information content (AvgIpc) is 3.20. The summed E-state index contributed by atoms with van der Waals surface area (Å²) in [5.41, 5.74) is 1.10. The Morgan fingerprint density at radius 2 is 2.17 bits per heavy atom. The van der Waals surface area contributed by atoms with E-state index in [0.717, 1.165) is 12.8 Å². The van der Waals surface area contributed by atoms with E-state index in [1.807, 2.05) is 6.26 Å². The number of ketones is 2. The van der Waals surface area contributed by atoms with Crippen molar-refractivity contribution in [1.29, 1.82) is 0 Å². The number of aliphatic imine (C=N–C) groups is 1. The van der Waals surface area contributed by atoms with E-state index >= 15 is 0 Å². The van der Waals surface area contributed by atoms with Gasteiger partial charge in [-0.15, -0.1) is 11.8 Å². The predicted molar refractivity (Wildman–Crippen MR) is 70.7 cm³/mol. The van der Waals surface area contributed by atoms with Crippen LogP contribution in [-0.4, -0.2) is 39.8 Å². The Kier molecular flexibility index (Phi) is 2.78. The Morgan fingerprint density at radius 3 is 2.83 bits per heavy atom. The number of nitrogens with zero attached hydrogens (tertiary/aromatic N) is 2. The third kappa shape index (κ3) is 1.79. The molecule has 0 aromatic carbocycles. The van der Waals surface area contributed by atoms with Crippen LogP contribution in [-0.2, 0) is 0 Å². The largest absolute Gasteiger partial charge is 0.291 e. The van der Waals surface area contributed by atoms with E-state index in [0.29, 0.717) is 11.3 Å². The number of carbonyl (C=O) groups excluding carboxylic acids is 2. The number of carbonyl (C=O) groups is 2. The van der Waals surface area contributed by atoms with Gasteiger partial charge in [0.1, 0.15) is 16.7 Å². The van der Waals surface area contributed by atoms with Crippen LogP contribution in [0.5, 0.6) is 0 Å². The van der Waals surface area contributed by atoms with E-state index in [9.17, 15) is 9.59 Å². The molecular weight excluding hydrogens is 248 g/mol. The number of aromatic nitrogens is 1. The van der Waals surface area contributed by atoms with E-state index < -0.39 is 5.25 Å². The molecule has 4 nitrogen and oxygen atoms in total. The molecule has 0 saturated heterocycles. The van der Waals surface area contributed by atoms with E-state index in [2.05, 4.69) is 9.98 Å². The van der Waals surface area contributed by atoms with Gasteiger partial charge in [-0.05, 0) is 31.2 Å². The average molecular weight is 260 g/mol. The molecule has 2 aliphatic carbocycles. The molecule has 1 aromatic heterocycles. The molecule has 1 atom stereocenters. The van der Waals surface area contributed by atoms with Crippen molar-refractivity contribution in [2.24, 2.45) is 4.99 Å². The van der Waals surface area contributed by atoms with Crippen LogP contribution in [0.4, 0.5) is 0 Å². The molecule has 0 bridgehead atoms. The summed E-state index contributed by atoms with van der Waals surface area (Å²) in [6.45, 7) is 0. The monoisotopic (exact) mass is 260 g/mol. The molecule has 0 amide bonds. The molecule has 3 rings (SSSR count). The number of fused-ring (bicyclic) bond motifs is 1. The second-order valence-corrected chi connectivity index (χ2v) is 5.40. The maximum atomic E-state index is 12.4. The van der Waals surface area contributed by atoms with Crippen molar-refractivity contribution in [3.63, 3.8) is 0 Å². The summed E-state index contributed by atoms with van der Waals surface area (Å²) < 4.78 is 0. The molecule has 1 heterocycles. The highest BCUT2D eigenvalue weighted by atomic mass is 32.2. The van der Waals surface area contributed by atoms with Crippen molar-refractivity contribution in [3.8, 4) is 0 Å². The van der Waals surface area contributed by atoms with Crippen molar-refractivity contribution >= 4 is 29.0 Å². The highest BCUT2D eigenvalue weighted by molar-refractivity contribution is 8.00. The SMILES string of the molecule is CSC1C(=O)c2ncccc2C(=O)C1=NC1CC1. The fourth-order valence-electron chi connectivity index (χ4n) is 2.04. The van der Waals surface area contributed by atoms with E-state index in [-0.39, 0.29) is 23.3 Å². The summed E-state index contributed by atoms with van der Waals surface area (Å²) in [6.07, 6.45) is 5.41. The van der Waals surface area contributed by atoms with Crippen LogP contribution in [0.15, 0.2) is 23.3 Å². The molecule has 2 aliphatic rings. The first-order valence-corrected chi connectivity index (χ1v) is 7.15. The summed E-state index contributed by atoms with van der Waals surface area (Å²) in [5, 5.41) is -0.486. The van der Waals surface area contributed by atoms with Crippen LogP contribution >= 0.6 is 11.8 Å². The summed E-state index contributed by atoms with van der Waals surface area (Å²) in [4.78, 5) is 33.1. The molecule has 0 spiro atoms. The van der Waals surface area contributed by atoms with Crippen LogP contribution in [0.1, 0.15) is 33.7 Å². The number of Topliss-reactive ketones (excluding diaryl/α,β-unsaturated/α-hetero) is 2. The molecule has 1 fully saturated rings. The number of rotatable bonds is 2. The standard InChI is InChI=1S/C13H12N2O2S/c1-18-13-10(15-7-4-5-7)11(16)8-3-2-6-14-9(8)12(13)17/h2-3,6-7,13H,4-5H2,1H3. The van der Waals surface area contributed by atoms with Crippen LogP contribution in [0, 0.1) is 0 Å². The second-order valence-electron chi connectivity index (χ2n) is 4.45. The molecule has 1 aromatic rings. The molecule has 1 saturated carbocycles. The first kappa shape index (κ1) is 11.6. The number of hydrogen-bond donors (Lipinski definition) is 0. The number of pyridine rings is 1. The van der Waals surface area contributed by atoms with Gasteiger partial charge in [0.05, 0.1) is 11.6 Å². The maximum absolute atomic E-state index is 12.4. The van der Waals surface area contributed by atoms with Crippen LogP contribution in [0.3, 0.4) is 0 Å². The topological polar surface area (TPSA) is 59.4 Å². The van der Waals surface area contributed by atoms with E-state index in [4.69, 9.17) is 0 Å².